The molecular weight excluding hydrogens is 456 g/mol. The van der Waals surface area contributed by atoms with Gasteiger partial charge in [0.25, 0.3) is 10.0 Å². The maximum atomic E-state index is 13.4. The SMILES string of the molecule is CCc1cccc(NS(=O)(=O)c2cc(-c3c(CC)nn4c3NC(=O)CCC4=O)ccc2OC)c1. The molecule has 3 aromatic rings. The highest BCUT2D eigenvalue weighted by molar-refractivity contribution is 7.92. The summed E-state index contributed by atoms with van der Waals surface area (Å²) in [6.07, 6.45) is 1.36. The number of hydrogen-bond donors (Lipinski definition) is 2. The third kappa shape index (κ3) is 4.41. The Morgan fingerprint density at radius 1 is 1.09 bits per heavy atom. The summed E-state index contributed by atoms with van der Waals surface area (Å²) in [5.74, 6) is -0.177. The zero-order valence-electron chi connectivity index (χ0n) is 19.2. The number of sulfonamides is 1. The minimum absolute atomic E-state index is 0.0477. The Hall–Kier alpha value is -3.66. The highest BCUT2D eigenvalue weighted by Gasteiger charge is 2.28. The van der Waals surface area contributed by atoms with E-state index in [-0.39, 0.29) is 41.1 Å². The van der Waals surface area contributed by atoms with Gasteiger partial charge in [-0.25, -0.2) is 8.42 Å². The van der Waals surface area contributed by atoms with Gasteiger partial charge in [-0.1, -0.05) is 32.0 Å². The molecule has 1 aliphatic rings. The molecule has 2 heterocycles. The van der Waals surface area contributed by atoms with Gasteiger partial charge < -0.3 is 10.1 Å². The number of benzene rings is 2. The number of aryl methyl sites for hydroxylation is 2. The summed E-state index contributed by atoms with van der Waals surface area (Å²) in [7, 11) is -2.62. The second-order valence-corrected chi connectivity index (χ2v) is 9.55. The lowest BCUT2D eigenvalue weighted by Crippen LogP contribution is -2.15. The van der Waals surface area contributed by atoms with Gasteiger partial charge in [-0.15, -0.1) is 0 Å². The number of anilines is 2. The molecule has 1 amide bonds. The molecule has 1 aliphatic heterocycles. The van der Waals surface area contributed by atoms with Crippen molar-refractivity contribution in [3.05, 3.63) is 53.7 Å². The van der Waals surface area contributed by atoms with Crippen LogP contribution in [0.3, 0.4) is 0 Å². The molecule has 1 aromatic heterocycles. The predicted molar refractivity (Wildman–Crippen MR) is 129 cm³/mol. The normalized spacial score (nSPS) is 13.7. The van der Waals surface area contributed by atoms with Crippen molar-refractivity contribution in [3.63, 3.8) is 0 Å². The Morgan fingerprint density at radius 3 is 2.59 bits per heavy atom. The highest BCUT2D eigenvalue weighted by Crippen LogP contribution is 2.37. The lowest BCUT2D eigenvalue weighted by atomic mass is 10.0. The van der Waals surface area contributed by atoms with Crippen molar-refractivity contribution in [1.29, 1.82) is 0 Å². The fourth-order valence-electron chi connectivity index (χ4n) is 3.94. The summed E-state index contributed by atoms with van der Waals surface area (Å²) in [5, 5.41) is 7.16. The second-order valence-electron chi connectivity index (χ2n) is 7.90. The number of ether oxygens (including phenoxy) is 1. The Balaban J connectivity index is 1.84. The Kier molecular flexibility index (Phi) is 6.43. The van der Waals surface area contributed by atoms with E-state index >= 15 is 0 Å². The van der Waals surface area contributed by atoms with E-state index in [0.29, 0.717) is 28.9 Å². The first-order valence-electron chi connectivity index (χ1n) is 11.0. The van der Waals surface area contributed by atoms with Crippen LogP contribution in [-0.4, -0.2) is 37.1 Å². The molecule has 2 aromatic carbocycles. The highest BCUT2D eigenvalue weighted by atomic mass is 32.2. The lowest BCUT2D eigenvalue weighted by Gasteiger charge is -2.14. The summed E-state index contributed by atoms with van der Waals surface area (Å²) in [4.78, 5) is 24.7. The fourth-order valence-corrected chi connectivity index (χ4v) is 5.18. The van der Waals surface area contributed by atoms with Crippen LogP contribution in [0.1, 0.15) is 42.7 Å². The van der Waals surface area contributed by atoms with E-state index in [1.54, 1.807) is 30.3 Å². The number of rotatable bonds is 7. The van der Waals surface area contributed by atoms with Crippen molar-refractivity contribution in [3.8, 4) is 16.9 Å². The molecule has 0 atom stereocenters. The van der Waals surface area contributed by atoms with E-state index in [4.69, 9.17) is 4.74 Å². The molecule has 0 saturated carbocycles. The smallest absolute Gasteiger partial charge is 0.265 e. The van der Waals surface area contributed by atoms with Crippen LogP contribution in [0.4, 0.5) is 11.5 Å². The van der Waals surface area contributed by atoms with Crippen molar-refractivity contribution in [1.82, 2.24) is 9.78 Å². The number of methoxy groups -OCH3 is 1. The number of nitrogens with one attached hydrogen (secondary N) is 2. The van der Waals surface area contributed by atoms with Crippen LogP contribution in [0.15, 0.2) is 47.4 Å². The number of hydrogen-bond acceptors (Lipinski definition) is 6. The molecule has 34 heavy (non-hydrogen) atoms. The van der Waals surface area contributed by atoms with Gasteiger partial charge in [-0.05, 0) is 48.2 Å². The van der Waals surface area contributed by atoms with Crippen molar-refractivity contribution >= 4 is 33.3 Å². The maximum absolute atomic E-state index is 13.4. The molecule has 0 bridgehead atoms. The van der Waals surface area contributed by atoms with E-state index in [0.717, 1.165) is 12.0 Å². The first kappa shape index (κ1) is 23.5. The first-order chi connectivity index (χ1) is 16.3. The molecule has 9 nitrogen and oxygen atoms in total. The number of nitrogens with zero attached hydrogens (tertiary/aromatic N) is 2. The van der Waals surface area contributed by atoms with Gasteiger partial charge in [-0.2, -0.15) is 9.78 Å². The van der Waals surface area contributed by atoms with E-state index in [1.807, 2.05) is 19.9 Å². The van der Waals surface area contributed by atoms with Gasteiger partial charge in [0.15, 0.2) is 0 Å². The summed E-state index contributed by atoms with van der Waals surface area (Å²) < 4.78 is 35.9. The average molecular weight is 483 g/mol. The molecule has 0 unspecified atom stereocenters. The molecule has 0 fully saturated rings. The van der Waals surface area contributed by atoms with Crippen LogP contribution in [0, 0.1) is 0 Å². The number of fused-ring (bicyclic) bond motifs is 1. The lowest BCUT2D eigenvalue weighted by molar-refractivity contribution is -0.116. The third-order valence-electron chi connectivity index (χ3n) is 5.68. The van der Waals surface area contributed by atoms with Gasteiger partial charge >= 0.3 is 0 Å². The van der Waals surface area contributed by atoms with Gasteiger partial charge in [-0.3, -0.25) is 14.3 Å². The molecule has 0 saturated heterocycles. The molecular formula is C24H26N4O5S. The monoisotopic (exact) mass is 482 g/mol. The van der Waals surface area contributed by atoms with Gasteiger partial charge in [0.05, 0.1) is 12.8 Å². The standard InChI is InChI=1S/C24H26N4O5S/c1-4-15-7-6-8-17(13-15)27-34(31,32)20-14-16(9-10-19(20)33-3)23-18(5-2)26-28-22(30)12-11-21(29)25-24(23)28/h6-10,13-14,27H,4-5,11-12H2,1-3H3,(H,25,29). The number of carbonyl (C=O) groups is 2. The summed E-state index contributed by atoms with van der Waals surface area (Å²) in [6, 6.07) is 11.9. The largest absolute Gasteiger partial charge is 0.495 e. The van der Waals surface area contributed by atoms with Crippen LogP contribution in [0.25, 0.3) is 11.1 Å². The topological polar surface area (TPSA) is 119 Å². The Bertz CT molecular complexity index is 1380. The Labute approximate surface area is 198 Å². The maximum Gasteiger partial charge on any atom is 0.265 e. The predicted octanol–water partition coefficient (Wildman–Crippen LogP) is 3.86. The van der Waals surface area contributed by atoms with Crippen LogP contribution in [0.5, 0.6) is 5.75 Å². The number of carbonyl (C=O) groups excluding carboxylic acids is 2. The van der Waals surface area contributed by atoms with Gasteiger partial charge in [0.1, 0.15) is 16.5 Å². The molecule has 0 spiro atoms. The van der Waals surface area contributed by atoms with Crippen LogP contribution in [-0.2, 0) is 27.7 Å². The molecule has 4 rings (SSSR count). The van der Waals surface area contributed by atoms with Crippen LogP contribution < -0.4 is 14.8 Å². The van der Waals surface area contributed by atoms with Crippen LogP contribution >= 0.6 is 0 Å². The first-order valence-corrected chi connectivity index (χ1v) is 12.5. The summed E-state index contributed by atoms with van der Waals surface area (Å²) >= 11 is 0. The van der Waals surface area contributed by atoms with Crippen LogP contribution in [0.2, 0.25) is 0 Å². The van der Waals surface area contributed by atoms with E-state index in [9.17, 15) is 18.0 Å². The second kappa shape index (κ2) is 9.30. The summed E-state index contributed by atoms with van der Waals surface area (Å²) in [5.41, 5.74) is 3.02. The van der Waals surface area contributed by atoms with Crippen molar-refractivity contribution in [2.45, 2.75) is 44.4 Å². The van der Waals surface area contributed by atoms with E-state index < -0.39 is 10.0 Å². The van der Waals surface area contributed by atoms with Crippen molar-refractivity contribution in [2.24, 2.45) is 0 Å². The molecule has 2 N–H and O–H groups in total. The average Bonchev–Trinajstić information content (AvgIpc) is 3.13. The van der Waals surface area contributed by atoms with Crippen molar-refractivity contribution in [2.75, 3.05) is 17.1 Å². The molecule has 178 valence electrons. The molecule has 0 aliphatic carbocycles. The zero-order valence-corrected chi connectivity index (χ0v) is 20.0. The third-order valence-corrected chi connectivity index (χ3v) is 7.08. The van der Waals surface area contributed by atoms with E-state index in [2.05, 4.69) is 15.1 Å². The zero-order chi connectivity index (χ0) is 24.5. The fraction of sp³-hybridized carbons (Fsp3) is 0.292. The van der Waals surface area contributed by atoms with E-state index in [1.165, 1.54) is 17.9 Å². The van der Waals surface area contributed by atoms with Gasteiger partial charge in [0.2, 0.25) is 11.8 Å². The Morgan fingerprint density at radius 2 is 1.88 bits per heavy atom. The van der Waals surface area contributed by atoms with Gasteiger partial charge in [0, 0.05) is 24.1 Å². The molecule has 10 heteroatoms. The quantitative estimate of drug-likeness (QED) is 0.528. The minimum atomic E-state index is -4.02. The summed E-state index contributed by atoms with van der Waals surface area (Å²) in [6.45, 7) is 3.87. The molecule has 0 radical (unpaired) electrons. The number of aromatic nitrogens is 2. The van der Waals surface area contributed by atoms with Crippen molar-refractivity contribution < 1.29 is 22.7 Å². The number of amides is 1. The minimum Gasteiger partial charge on any atom is -0.495 e.